The number of hydrogen-bond donors (Lipinski definition) is 1. The molecule has 0 aliphatic carbocycles. The number of piperidine rings is 1. The van der Waals surface area contributed by atoms with Crippen LogP contribution in [0.1, 0.15) is 45.1 Å². The van der Waals surface area contributed by atoms with Gasteiger partial charge in [0.15, 0.2) is 0 Å². The fraction of sp³-hybridized carbons (Fsp3) is 0.500. The summed E-state index contributed by atoms with van der Waals surface area (Å²) in [5.41, 5.74) is 9.34. The molecule has 8 nitrogen and oxygen atoms in total. The van der Waals surface area contributed by atoms with Gasteiger partial charge >= 0.3 is 6.09 Å². The van der Waals surface area contributed by atoms with E-state index in [1.807, 2.05) is 62.4 Å². The van der Waals surface area contributed by atoms with E-state index < -0.39 is 6.04 Å². The number of nitrogens with two attached hydrogens (primary N) is 1. The van der Waals surface area contributed by atoms with Gasteiger partial charge in [-0.25, -0.2) is 4.79 Å². The van der Waals surface area contributed by atoms with Crippen molar-refractivity contribution in [3.63, 3.8) is 0 Å². The molecule has 2 atom stereocenters. The molecule has 2 saturated heterocycles. The van der Waals surface area contributed by atoms with Gasteiger partial charge in [0.2, 0.25) is 5.91 Å². The van der Waals surface area contributed by atoms with Gasteiger partial charge < -0.3 is 25.0 Å². The monoisotopic (exact) mass is 518 g/mol. The Morgan fingerprint density at radius 1 is 1.00 bits per heavy atom. The van der Waals surface area contributed by atoms with Gasteiger partial charge in [-0.2, -0.15) is 5.26 Å². The standard InChI is InChI=1S/C30H38N4O4/c1-21(2)38-30(36)33-16-13-23(14-17-33)20-37-27-11-9-25(10-12-27)24-7-5-22(6-8-24)18-28(32)29(35)34-15-3-4-26(34)19-31/h5-12,21,23,26,28H,3-4,13-18,20,32H2,1-2H3/t26?,28-/m0/s1. The molecule has 2 heterocycles. The van der Waals surface area contributed by atoms with E-state index in [0.29, 0.717) is 38.6 Å². The van der Waals surface area contributed by atoms with E-state index in [0.717, 1.165) is 48.1 Å². The predicted molar refractivity (Wildman–Crippen MR) is 145 cm³/mol. The lowest BCUT2D eigenvalue weighted by atomic mass is 9.98. The van der Waals surface area contributed by atoms with Crippen molar-refractivity contribution in [2.75, 3.05) is 26.2 Å². The third-order valence-electron chi connectivity index (χ3n) is 7.29. The van der Waals surface area contributed by atoms with Gasteiger partial charge in [-0.15, -0.1) is 0 Å². The lowest BCUT2D eigenvalue weighted by Crippen LogP contribution is -2.46. The summed E-state index contributed by atoms with van der Waals surface area (Å²) in [4.78, 5) is 28.1. The van der Waals surface area contributed by atoms with Crippen LogP contribution in [-0.4, -0.2) is 66.2 Å². The van der Waals surface area contributed by atoms with Gasteiger partial charge in [-0.1, -0.05) is 36.4 Å². The van der Waals surface area contributed by atoms with Crippen molar-refractivity contribution >= 4 is 12.0 Å². The van der Waals surface area contributed by atoms with E-state index in [1.54, 1.807) is 9.80 Å². The second kappa shape index (κ2) is 12.8. The molecule has 38 heavy (non-hydrogen) atoms. The van der Waals surface area contributed by atoms with Crippen LogP contribution < -0.4 is 10.5 Å². The maximum Gasteiger partial charge on any atom is 0.410 e. The summed E-state index contributed by atoms with van der Waals surface area (Å²) in [6.45, 7) is 6.37. The molecular formula is C30H38N4O4. The molecule has 2 aliphatic rings. The highest BCUT2D eigenvalue weighted by Gasteiger charge is 2.31. The summed E-state index contributed by atoms with van der Waals surface area (Å²) >= 11 is 0. The van der Waals surface area contributed by atoms with Crippen LogP contribution in [0.4, 0.5) is 4.79 Å². The van der Waals surface area contributed by atoms with Crippen LogP contribution in [0.25, 0.3) is 11.1 Å². The van der Waals surface area contributed by atoms with E-state index in [2.05, 4.69) is 6.07 Å². The summed E-state index contributed by atoms with van der Waals surface area (Å²) in [6.07, 6.45) is 3.51. The highest BCUT2D eigenvalue weighted by atomic mass is 16.6. The van der Waals surface area contributed by atoms with Crippen LogP contribution in [0, 0.1) is 17.2 Å². The minimum absolute atomic E-state index is 0.0997. The zero-order valence-corrected chi connectivity index (χ0v) is 22.3. The van der Waals surface area contributed by atoms with Crippen molar-refractivity contribution in [3.05, 3.63) is 54.1 Å². The maximum absolute atomic E-state index is 12.7. The molecule has 0 radical (unpaired) electrons. The SMILES string of the molecule is CC(C)OC(=O)N1CCC(COc2ccc(-c3ccc(C[C@H](N)C(=O)N4CCCC4C#N)cc3)cc2)CC1. The second-order valence-electron chi connectivity index (χ2n) is 10.5. The quantitative estimate of drug-likeness (QED) is 0.556. The van der Waals surface area contributed by atoms with E-state index in [1.165, 1.54) is 0 Å². The maximum atomic E-state index is 12.7. The topological polar surface area (TPSA) is 109 Å². The zero-order chi connectivity index (χ0) is 27.1. The van der Waals surface area contributed by atoms with Crippen molar-refractivity contribution in [1.82, 2.24) is 9.80 Å². The summed E-state index contributed by atoms with van der Waals surface area (Å²) < 4.78 is 11.3. The largest absolute Gasteiger partial charge is 0.493 e. The zero-order valence-electron chi connectivity index (χ0n) is 22.3. The molecule has 2 fully saturated rings. The molecule has 8 heteroatoms. The fourth-order valence-electron chi connectivity index (χ4n) is 5.07. The van der Waals surface area contributed by atoms with Crippen LogP contribution in [-0.2, 0) is 16.0 Å². The van der Waals surface area contributed by atoms with E-state index in [-0.39, 0.29) is 24.1 Å². The van der Waals surface area contributed by atoms with Crippen molar-refractivity contribution < 1.29 is 19.1 Å². The van der Waals surface area contributed by atoms with Crippen LogP contribution in [0.15, 0.2) is 48.5 Å². The predicted octanol–water partition coefficient (Wildman–Crippen LogP) is 4.37. The number of hydrogen-bond acceptors (Lipinski definition) is 6. The third kappa shape index (κ3) is 7.05. The molecule has 0 bridgehead atoms. The summed E-state index contributed by atoms with van der Waals surface area (Å²) in [7, 11) is 0. The lowest BCUT2D eigenvalue weighted by molar-refractivity contribution is -0.132. The van der Waals surface area contributed by atoms with Gasteiger partial charge in [-0.05, 0) is 80.7 Å². The van der Waals surface area contributed by atoms with Gasteiger partial charge in [0.05, 0.1) is 24.8 Å². The second-order valence-corrected chi connectivity index (χ2v) is 10.5. The Balaban J connectivity index is 1.23. The number of rotatable bonds is 8. The minimum Gasteiger partial charge on any atom is -0.493 e. The van der Waals surface area contributed by atoms with Gasteiger partial charge in [0, 0.05) is 19.6 Å². The van der Waals surface area contributed by atoms with Crippen LogP contribution in [0.2, 0.25) is 0 Å². The third-order valence-corrected chi connectivity index (χ3v) is 7.29. The summed E-state index contributed by atoms with van der Waals surface area (Å²) in [6, 6.07) is 17.3. The Bertz CT molecular complexity index is 1120. The van der Waals surface area contributed by atoms with Crippen molar-refractivity contribution in [2.45, 2.75) is 64.1 Å². The van der Waals surface area contributed by atoms with Crippen LogP contribution in [0.3, 0.4) is 0 Å². The number of nitriles is 1. The number of likely N-dealkylation sites (tertiary alicyclic amines) is 2. The van der Waals surface area contributed by atoms with E-state index >= 15 is 0 Å². The Morgan fingerprint density at radius 2 is 1.63 bits per heavy atom. The molecule has 1 unspecified atom stereocenters. The summed E-state index contributed by atoms with van der Waals surface area (Å²) in [5.74, 6) is 1.10. The number of carbonyl (C=O) groups excluding carboxylic acids is 2. The number of carbonyl (C=O) groups is 2. The Hall–Kier alpha value is -3.57. The van der Waals surface area contributed by atoms with Crippen molar-refractivity contribution in [3.8, 4) is 22.9 Å². The van der Waals surface area contributed by atoms with Gasteiger partial charge in [-0.3, -0.25) is 4.79 Å². The van der Waals surface area contributed by atoms with Crippen LogP contribution in [0.5, 0.6) is 5.75 Å². The molecule has 2 aromatic carbocycles. The van der Waals surface area contributed by atoms with Crippen molar-refractivity contribution in [2.24, 2.45) is 11.7 Å². The van der Waals surface area contributed by atoms with Gasteiger partial charge in [0.1, 0.15) is 11.8 Å². The normalized spacial score (nSPS) is 18.8. The highest BCUT2D eigenvalue weighted by molar-refractivity contribution is 5.83. The number of nitrogens with zero attached hydrogens (tertiary/aromatic N) is 3. The van der Waals surface area contributed by atoms with Crippen LogP contribution >= 0.6 is 0 Å². The molecule has 202 valence electrons. The molecular weight excluding hydrogens is 480 g/mol. The molecule has 2 amide bonds. The highest BCUT2D eigenvalue weighted by Crippen LogP contribution is 2.25. The first-order valence-corrected chi connectivity index (χ1v) is 13.6. The average Bonchev–Trinajstić information content (AvgIpc) is 3.41. The van der Waals surface area contributed by atoms with E-state index in [9.17, 15) is 14.9 Å². The molecule has 2 aliphatic heterocycles. The number of amides is 2. The first kappa shape index (κ1) is 27.5. The Labute approximate surface area is 225 Å². The molecule has 0 spiro atoms. The number of ether oxygens (including phenoxy) is 2. The average molecular weight is 519 g/mol. The molecule has 2 aromatic rings. The molecule has 2 N–H and O–H groups in total. The van der Waals surface area contributed by atoms with E-state index in [4.69, 9.17) is 15.2 Å². The lowest BCUT2D eigenvalue weighted by Gasteiger charge is -2.31. The minimum atomic E-state index is -0.646. The molecule has 4 rings (SSSR count). The first-order valence-electron chi connectivity index (χ1n) is 13.6. The van der Waals surface area contributed by atoms with Crippen molar-refractivity contribution in [1.29, 1.82) is 5.26 Å². The summed E-state index contributed by atoms with van der Waals surface area (Å²) in [5, 5.41) is 9.24. The fourth-order valence-corrected chi connectivity index (χ4v) is 5.07. The Kier molecular flexibility index (Phi) is 9.24. The smallest absolute Gasteiger partial charge is 0.410 e. The Morgan fingerprint density at radius 3 is 2.24 bits per heavy atom. The van der Waals surface area contributed by atoms with Gasteiger partial charge in [0.25, 0.3) is 0 Å². The first-order chi connectivity index (χ1) is 18.3. The molecule has 0 aromatic heterocycles. The number of benzene rings is 2. The molecule has 0 saturated carbocycles.